The first-order valence-corrected chi connectivity index (χ1v) is 11.2. The molecule has 8 heteroatoms. The summed E-state index contributed by atoms with van der Waals surface area (Å²) in [6.07, 6.45) is 0.596. The third kappa shape index (κ3) is 4.62. The highest BCUT2D eigenvalue weighted by molar-refractivity contribution is 7.91. The Labute approximate surface area is 157 Å². The van der Waals surface area contributed by atoms with Crippen LogP contribution in [-0.2, 0) is 21.1 Å². The Bertz CT molecular complexity index is 890. The van der Waals surface area contributed by atoms with E-state index in [9.17, 15) is 13.2 Å². The first-order valence-electron chi connectivity index (χ1n) is 8.48. The largest absolute Gasteiger partial charge is 0.494 e. The van der Waals surface area contributed by atoms with E-state index in [1.165, 1.54) is 11.3 Å². The fraction of sp³-hybridized carbons (Fsp3) is 0.444. The topological polar surface area (TPSA) is 85.4 Å². The van der Waals surface area contributed by atoms with Crippen molar-refractivity contribution in [2.45, 2.75) is 32.2 Å². The van der Waals surface area contributed by atoms with Crippen LogP contribution in [0, 0.1) is 0 Å². The molecule has 0 bridgehead atoms. The number of nitrogens with zero attached hydrogens (tertiary/aromatic N) is 1. The summed E-state index contributed by atoms with van der Waals surface area (Å²) in [5, 5.41) is 5.56. The van der Waals surface area contributed by atoms with E-state index in [1.54, 1.807) is 6.92 Å². The number of carbonyl (C=O) groups is 1. The van der Waals surface area contributed by atoms with E-state index in [0.29, 0.717) is 18.7 Å². The summed E-state index contributed by atoms with van der Waals surface area (Å²) in [6.45, 7) is 4.34. The smallest absolute Gasteiger partial charge is 0.226 e. The van der Waals surface area contributed by atoms with Gasteiger partial charge in [-0.25, -0.2) is 13.4 Å². The van der Waals surface area contributed by atoms with E-state index in [-0.39, 0.29) is 23.8 Å². The second-order valence-corrected chi connectivity index (χ2v) is 9.77. The molecule has 1 unspecified atom stereocenters. The molecule has 1 atom stereocenters. The van der Waals surface area contributed by atoms with Crippen LogP contribution in [0.2, 0.25) is 0 Å². The van der Waals surface area contributed by atoms with Gasteiger partial charge in [0, 0.05) is 10.9 Å². The molecule has 1 aliphatic heterocycles. The number of sulfone groups is 1. The van der Waals surface area contributed by atoms with Crippen molar-refractivity contribution in [3.8, 4) is 16.3 Å². The second kappa shape index (κ2) is 7.36. The third-order valence-corrected chi connectivity index (χ3v) is 7.09. The summed E-state index contributed by atoms with van der Waals surface area (Å²) in [5.41, 5.74) is 0.976. The first kappa shape index (κ1) is 18.8. The number of rotatable bonds is 6. The van der Waals surface area contributed by atoms with E-state index in [4.69, 9.17) is 4.74 Å². The summed E-state index contributed by atoms with van der Waals surface area (Å²) in [4.78, 5) is 16.8. The summed E-state index contributed by atoms with van der Waals surface area (Å²) in [6, 6.07) is 7.68. The van der Waals surface area contributed by atoms with E-state index < -0.39 is 15.4 Å². The highest BCUT2D eigenvalue weighted by atomic mass is 32.2. The molecule has 2 aromatic rings. The number of nitrogens with one attached hydrogen (secondary N) is 1. The number of aromatic nitrogens is 1. The molecule has 6 nitrogen and oxygen atoms in total. The number of thiazole rings is 1. The van der Waals surface area contributed by atoms with Gasteiger partial charge in [0.15, 0.2) is 9.84 Å². The van der Waals surface area contributed by atoms with E-state index in [1.807, 2.05) is 36.6 Å². The van der Waals surface area contributed by atoms with Gasteiger partial charge in [-0.3, -0.25) is 4.79 Å². The van der Waals surface area contributed by atoms with Crippen LogP contribution in [0.1, 0.15) is 26.0 Å². The Morgan fingerprint density at radius 1 is 1.35 bits per heavy atom. The van der Waals surface area contributed by atoms with Gasteiger partial charge in [-0.2, -0.15) is 0 Å². The maximum Gasteiger partial charge on any atom is 0.226 e. The van der Waals surface area contributed by atoms with Gasteiger partial charge in [-0.15, -0.1) is 11.3 Å². The van der Waals surface area contributed by atoms with E-state index in [0.717, 1.165) is 16.3 Å². The molecule has 1 saturated heterocycles. The maximum absolute atomic E-state index is 12.3. The van der Waals surface area contributed by atoms with Gasteiger partial charge in [0.2, 0.25) is 5.91 Å². The molecule has 0 aliphatic carbocycles. The predicted molar refractivity (Wildman–Crippen MR) is 102 cm³/mol. The van der Waals surface area contributed by atoms with Gasteiger partial charge < -0.3 is 10.1 Å². The van der Waals surface area contributed by atoms with Crippen molar-refractivity contribution in [1.82, 2.24) is 10.3 Å². The SMILES string of the molecule is CCOc1ccc(-c2nc(CC(=O)NC3(C)CCS(=O)(=O)C3)cs2)cc1. The fourth-order valence-corrected chi connectivity index (χ4v) is 5.95. The maximum atomic E-state index is 12.3. The number of benzene rings is 1. The lowest BCUT2D eigenvalue weighted by Crippen LogP contribution is -2.47. The van der Waals surface area contributed by atoms with Crippen LogP contribution >= 0.6 is 11.3 Å². The van der Waals surface area contributed by atoms with Crippen LogP contribution in [0.4, 0.5) is 0 Å². The Morgan fingerprint density at radius 2 is 2.08 bits per heavy atom. The molecule has 0 radical (unpaired) electrons. The van der Waals surface area contributed by atoms with Crippen molar-refractivity contribution < 1.29 is 17.9 Å². The van der Waals surface area contributed by atoms with Crippen LogP contribution < -0.4 is 10.1 Å². The molecule has 1 aliphatic rings. The van der Waals surface area contributed by atoms with Gasteiger partial charge in [0.05, 0.1) is 35.8 Å². The van der Waals surface area contributed by atoms with Gasteiger partial charge in [-0.05, 0) is 44.5 Å². The quantitative estimate of drug-likeness (QED) is 0.813. The molecule has 1 N–H and O–H groups in total. The first-order chi connectivity index (χ1) is 12.3. The summed E-state index contributed by atoms with van der Waals surface area (Å²) >= 11 is 1.48. The molecule has 140 valence electrons. The Balaban J connectivity index is 1.62. The Morgan fingerprint density at radius 3 is 2.69 bits per heavy atom. The van der Waals surface area contributed by atoms with Crippen molar-refractivity contribution in [3.63, 3.8) is 0 Å². The number of ether oxygens (including phenoxy) is 1. The Hall–Kier alpha value is -1.93. The average molecular weight is 395 g/mol. The molecule has 1 fully saturated rings. The lowest BCUT2D eigenvalue weighted by atomic mass is 10.0. The lowest BCUT2D eigenvalue weighted by molar-refractivity contribution is -0.121. The summed E-state index contributed by atoms with van der Waals surface area (Å²) in [5.74, 6) is 0.739. The number of amides is 1. The molecule has 1 aromatic heterocycles. The van der Waals surface area contributed by atoms with Gasteiger partial charge in [0.1, 0.15) is 10.8 Å². The molecule has 1 amide bonds. The average Bonchev–Trinajstić information content (AvgIpc) is 3.12. The minimum Gasteiger partial charge on any atom is -0.494 e. The van der Waals surface area contributed by atoms with E-state index in [2.05, 4.69) is 10.3 Å². The molecule has 1 aromatic carbocycles. The van der Waals surface area contributed by atoms with Crippen molar-refractivity contribution in [1.29, 1.82) is 0 Å². The van der Waals surface area contributed by atoms with Crippen molar-refractivity contribution >= 4 is 27.1 Å². The molecule has 26 heavy (non-hydrogen) atoms. The normalized spacial score (nSPS) is 21.5. The second-order valence-electron chi connectivity index (χ2n) is 6.73. The minimum atomic E-state index is -3.05. The monoisotopic (exact) mass is 394 g/mol. The third-order valence-electron chi connectivity index (χ3n) is 4.25. The van der Waals surface area contributed by atoms with Crippen LogP contribution in [0.25, 0.3) is 10.6 Å². The van der Waals surface area contributed by atoms with Gasteiger partial charge >= 0.3 is 0 Å². The lowest BCUT2D eigenvalue weighted by Gasteiger charge is -2.23. The molecule has 2 heterocycles. The number of hydrogen-bond donors (Lipinski definition) is 1. The highest BCUT2D eigenvalue weighted by Gasteiger charge is 2.39. The fourth-order valence-electron chi connectivity index (χ4n) is 3.04. The zero-order valence-electron chi connectivity index (χ0n) is 14.8. The van der Waals surface area contributed by atoms with Crippen molar-refractivity contribution in [3.05, 3.63) is 35.3 Å². The standard InChI is InChI=1S/C18H22N2O4S2/c1-3-24-15-6-4-13(5-7-15)17-19-14(11-25-17)10-16(21)20-18(2)8-9-26(22,23)12-18/h4-7,11H,3,8-10,12H2,1-2H3,(H,20,21). The molecule has 0 spiro atoms. The van der Waals surface area contributed by atoms with E-state index >= 15 is 0 Å². The molecular weight excluding hydrogens is 372 g/mol. The molecular formula is C18H22N2O4S2. The van der Waals surface area contributed by atoms with Gasteiger partial charge in [-0.1, -0.05) is 0 Å². The zero-order valence-corrected chi connectivity index (χ0v) is 16.5. The zero-order chi connectivity index (χ0) is 18.8. The molecule has 0 saturated carbocycles. The number of carbonyl (C=O) groups excluding carboxylic acids is 1. The Kier molecular flexibility index (Phi) is 5.34. The van der Waals surface area contributed by atoms with Crippen LogP contribution in [0.5, 0.6) is 5.75 Å². The van der Waals surface area contributed by atoms with Crippen LogP contribution in [0.3, 0.4) is 0 Å². The van der Waals surface area contributed by atoms with Crippen molar-refractivity contribution in [2.24, 2.45) is 0 Å². The summed E-state index contributed by atoms with van der Waals surface area (Å²) < 4.78 is 28.7. The minimum absolute atomic E-state index is 0.000233. The molecule has 3 rings (SSSR count). The predicted octanol–water partition coefficient (Wildman–Crippen LogP) is 2.44. The number of hydrogen-bond acceptors (Lipinski definition) is 6. The van der Waals surface area contributed by atoms with Crippen LogP contribution in [0.15, 0.2) is 29.6 Å². The van der Waals surface area contributed by atoms with Crippen LogP contribution in [-0.4, -0.2) is 43.0 Å². The highest BCUT2D eigenvalue weighted by Crippen LogP contribution is 2.26. The summed E-state index contributed by atoms with van der Waals surface area (Å²) in [7, 11) is -3.05. The van der Waals surface area contributed by atoms with Crippen molar-refractivity contribution in [2.75, 3.05) is 18.1 Å². The van der Waals surface area contributed by atoms with Gasteiger partial charge in [0.25, 0.3) is 0 Å².